The average molecular weight is 254 g/mol. The van der Waals surface area contributed by atoms with E-state index in [2.05, 4.69) is 5.32 Å². The summed E-state index contributed by atoms with van der Waals surface area (Å²) in [6.45, 7) is 5.88. The van der Waals surface area contributed by atoms with Gasteiger partial charge in [-0.25, -0.2) is 0 Å². The summed E-state index contributed by atoms with van der Waals surface area (Å²) in [5.74, 6) is -0.0922. The normalized spacial score (nSPS) is 10.3. The first-order chi connectivity index (χ1) is 8.97. The van der Waals surface area contributed by atoms with Crippen molar-refractivity contribution in [3.8, 4) is 0 Å². The summed E-state index contributed by atoms with van der Waals surface area (Å²) in [7, 11) is 0. The van der Waals surface area contributed by atoms with Crippen LogP contribution in [0, 0.1) is 20.8 Å². The maximum absolute atomic E-state index is 12.2. The highest BCUT2D eigenvalue weighted by Gasteiger charge is 2.10. The number of nitrogen functional groups attached to an aromatic ring is 1. The van der Waals surface area contributed by atoms with Gasteiger partial charge in [-0.1, -0.05) is 17.7 Å². The molecule has 0 radical (unpaired) electrons. The van der Waals surface area contributed by atoms with E-state index in [1.807, 2.05) is 51.1 Å². The van der Waals surface area contributed by atoms with Gasteiger partial charge in [-0.2, -0.15) is 0 Å². The van der Waals surface area contributed by atoms with Crippen LogP contribution < -0.4 is 11.1 Å². The maximum atomic E-state index is 12.2. The predicted octanol–water partition coefficient (Wildman–Crippen LogP) is 3.45. The second-order valence-electron chi connectivity index (χ2n) is 4.85. The maximum Gasteiger partial charge on any atom is 0.255 e. The van der Waals surface area contributed by atoms with Gasteiger partial charge in [-0.05, 0) is 56.2 Å². The second-order valence-corrected chi connectivity index (χ2v) is 4.85. The molecule has 1 amide bonds. The summed E-state index contributed by atoms with van der Waals surface area (Å²) in [5.41, 5.74) is 11.0. The summed E-state index contributed by atoms with van der Waals surface area (Å²) in [6.07, 6.45) is 0. The first-order valence-electron chi connectivity index (χ1n) is 6.22. The van der Waals surface area contributed by atoms with Gasteiger partial charge in [0, 0.05) is 16.9 Å². The van der Waals surface area contributed by atoms with Crippen molar-refractivity contribution in [2.75, 3.05) is 11.1 Å². The Kier molecular flexibility index (Phi) is 3.56. The van der Waals surface area contributed by atoms with Crippen molar-refractivity contribution in [1.29, 1.82) is 0 Å². The fourth-order valence-corrected chi connectivity index (χ4v) is 2.09. The number of nitrogens with one attached hydrogen (secondary N) is 1. The summed E-state index contributed by atoms with van der Waals surface area (Å²) in [6, 6.07) is 11.3. The first-order valence-corrected chi connectivity index (χ1v) is 6.22. The highest BCUT2D eigenvalue weighted by Crippen LogP contribution is 2.19. The largest absolute Gasteiger partial charge is 0.399 e. The Balaban J connectivity index is 2.25. The van der Waals surface area contributed by atoms with Gasteiger partial charge in [-0.3, -0.25) is 4.79 Å². The molecule has 2 rings (SSSR count). The second kappa shape index (κ2) is 5.14. The van der Waals surface area contributed by atoms with Gasteiger partial charge in [0.15, 0.2) is 0 Å². The molecule has 0 spiro atoms. The summed E-state index contributed by atoms with van der Waals surface area (Å²) in [4.78, 5) is 12.2. The molecule has 98 valence electrons. The van der Waals surface area contributed by atoms with Crippen molar-refractivity contribution in [3.63, 3.8) is 0 Å². The van der Waals surface area contributed by atoms with Crippen molar-refractivity contribution < 1.29 is 4.79 Å². The minimum Gasteiger partial charge on any atom is -0.399 e. The smallest absolute Gasteiger partial charge is 0.255 e. The number of nitrogens with two attached hydrogens (primary N) is 1. The molecule has 0 aliphatic rings. The summed E-state index contributed by atoms with van der Waals surface area (Å²) in [5, 5.41) is 2.92. The number of benzene rings is 2. The zero-order valence-electron chi connectivity index (χ0n) is 11.4. The topological polar surface area (TPSA) is 55.1 Å². The predicted molar refractivity (Wildman–Crippen MR) is 79.5 cm³/mol. The minimum atomic E-state index is -0.0922. The van der Waals surface area contributed by atoms with Gasteiger partial charge in [0.05, 0.1) is 0 Å². The lowest BCUT2D eigenvalue weighted by atomic mass is 10.0. The Morgan fingerprint density at radius 1 is 1.00 bits per heavy atom. The minimum absolute atomic E-state index is 0.0922. The van der Waals surface area contributed by atoms with E-state index in [0.29, 0.717) is 11.3 Å². The van der Waals surface area contributed by atoms with Crippen LogP contribution >= 0.6 is 0 Å². The molecule has 0 aromatic heterocycles. The quantitative estimate of drug-likeness (QED) is 0.806. The molecule has 19 heavy (non-hydrogen) atoms. The molecule has 0 saturated heterocycles. The van der Waals surface area contributed by atoms with Crippen molar-refractivity contribution in [1.82, 2.24) is 0 Å². The monoisotopic (exact) mass is 254 g/mol. The molecule has 3 N–H and O–H groups in total. The average Bonchev–Trinajstić information content (AvgIpc) is 2.32. The molecule has 3 nitrogen and oxygen atoms in total. The SMILES string of the molecule is Cc1ccc(C(=O)Nc2ccc(N)cc2C)c(C)c1. The van der Waals surface area contributed by atoms with Crippen LogP contribution in [-0.2, 0) is 0 Å². The lowest BCUT2D eigenvalue weighted by Gasteiger charge is -2.11. The van der Waals surface area contributed by atoms with Gasteiger partial charge in [0.2, 0.25) is 0 Å². The van der Waals surface area contributed by atoms with E-state index in [0.717, 1.165) is 22.4 Å². The van der Waals surface area contributed by atoms with Crippen LogP contribution in [0.2, 0.25) is 0 Å². The summed E-state index contributed by atoms with van der Waals surface area (Å²) < 4.78 is 0. The standard InChI is InChI=1S/C16H18N2O/c1-10-4-6-14(11(2)8-10)16(19)18-15-7-5-13(17)9-12(15)3/h4-9H,17H2,1-3H3,(H,18,19). The van der Waals surface area contributed by atoms with E-state index in [-0.39, 0.29) is 5.91 Å². The van der Waals surface area contributed by atoms with Crippen molar-refractivity contribution in [3.05, 3.63) is 58.7 Å². The van der Waals surface area contributed by atoms with Gasteiger partial charge in [0.1, 0.15) is 0 Å². The number of carbonyl (C=O) groups excluding carboxylic acids is 1. The van der Waals surface area contributed by atoms with Crippen LogP contribution in [0.15, 0.2) is 36.4 Å². The molecular formula is C16H18N2O. The Bertz CT molecular complexity index is 633. The van der Waals surface area contributed by atoms with Crippen LogP contribution in [0.4, 0.5) is 11.4 Å². The Labute approximate surface area is 113 Å². The van der Waals surface area contributed by atoms with Crippen molar-refractivity contribution >= 4 is 17.3 Å². The van der Waals surface area contributed by atoms with E-state index >= 15 is 0 Å². The Hall–Kier alpha value is -2.29. The van der Waals surface area contributed by atoms with E-state index in [1.54, 1.807) is 6.07 Å². The van der Waals surface area contributed by atoms with Gasteiger partial charge >= 0.3 is 0 Å². The highest BCUT2D eigenvalue weighted by atomic mass is 16.1. The fraction of sp³-hybridized carbons (Fsp3) is 0.188. The number of hydrogen-bond donors (Lipinski definition) is 2. The molecule has 0 heterocycles. The van der Waals surface area contributed by atoms with Crippen LogP contribution in [0.5, 0.6) is 0 Å². The first kappa shape index (κ1) is 13.1. The zero-order chi connectivity index (χ0) is 14.0. The number of amides is 1. The van der Waals surface area contributed by atoms with Gasteiger partial charge < -0.3 is 11.1 Å². The molecule has 0 fully saturated rings. The third kappa shape index (κ3) is 2.94. The molecule has 3 heteroatoms. The van der Waals surface area contributed by atoms with Crippen LogP contribution in [0.1, 0.15) is 27.0 Å². The molecule has 0 unspecified atom stereocenters. The number of hydrogen-bond acceptors (Lipinski definition) is 2. The molecule has 2 aromatic carbocycles. The lowest BCUT2D eigenvalue weighted by molar-refractivity contribution is 0.102. The third-order valence-corrected chi connectivity index (χ3v) is 3.13. The van der Waals surface area contributed by atoms with E-state index in [1.165, 1.54) is 0 Å². The fourth-order valence-electron chi connectivity index (χ4n) is 2.09. The van der Waals surface area contributed by atoms with Crippen LogP contribution in [0.25, 0.3) is 0 Å². The molecule has 0 bridgehead atoms. The van der Waals surface area contributed by atoms with Crippen molar-refractivity contribution in [2.24, 2.45) is 0 Å². The third-order valence-electron chi connectivity index (χ3n) is 3.13. The van der Waals surface area contributed by atoms with Crippen molar-refractivity contribution in [2.45, 2.75) is 20.8 Å². The number of carbonyl (C=O) groups is 1. The molecule has 2 aromatic rings. The van der Waals surface area contributed by atoms with E-state index < -0.39 is 0 Å². The van der Waals surface area contributed by atoms with Crippen LogP contribution in [0.3, 0.4) is 0 Å². The Morgan fingerprint density at radius 2 is 1.74 bits per heavy atom. The van der Waals surface area contributed by atoms with E-state index in [4.69, 9.17) is 5.73 Å². The van der Waals surface area contributed by atoms with Gasteiger partial charge in [0.25, 0.3) is 5.91 Å². The molecule has 0 saturated carbocycles. The molecule has 0 atom stereocenters. The Morgan fingerprint density at radius 3 is 2.37 bits per heavy atom. The zero-order valence-corrected chi connectivity index (χ0v) is 11.4. The number of anilines is 2. The summed E-state index contributed by atoms with van der Waals surface area (Å²) >= 11 is 0. The lowest BCUT2D eigenvalue weighted by Crippen LogP contribution is -2.14. The number of aryl methyl sites for hydroxylation is 3. The molecule has 0 aliphatic heterocycles. The number of rotatable bonds is 2. The highest BCUT2D eigenvalue weighted by molar-refractivity contribution is 6.05. The molecule has 0 aliphatic carbocycles. The van der Waals surface area contributed by atoms with Gasteiger partial charge in [-0.15, -0.1) is 0 Å². The van der Waals surface area contributed by atoms with Crippen LogP contribution in [-0.4, -0.2) is 5.91 Å². The molecular weight excluding hydrogens is 236 g/mol. The van der Waals surface area contributed by atoms with E-state index in [9.17, 15) is 4.79 Å².